The number of likely N-dealkylation sites (N-methyl/N-ethyl adjacent to an activating group) is 3. The van der Waals surface area contributed by atoms with Crippen molar-refractivity contribution < 1.29 is 107 Å². The summed E-state index contributed by atoms with van der Waals surface area (Å²) < 4.78 is 0. The minimum atomic E-state index is -1.97. The van der Waals surface area contributed by atoms with Crippen LogP contribution in [0.15, 0.2) is 85.2 Å². The third-order valence-electron chi connectivity index (χ3n) is 23.0. The standard InChI is InChI=1S/C85H120N22O22S/c1-7-9-22-64-77(122)95-55(21-15-29-90-85(88)89)73(118)102-63(72(117)93-38-69(87)114)43-130-44-70(115)94-57(31-46-25-27-49(111)28-26-46)80(125)103(4)45(3)71(116)97-59(35-68(86)113)82(127)106-30-16-24-65(106)78(123)100-61(41-109)76(121)101-62(42-110)83(128)107-39-50(112)34-67(107)79(124)96-56(32-47-36-91-53-19-13-11-17-51(47)53)74(119)99-60(40-108)75(120)98-58(33-48-37-92-54-20-14-12-18-52(48)54)81(126)105(6)66(23-10-8-2)84(129)104(64)5/h11-14,17-20,25-28,36-37,45,50,55-67,91-92,108-112H,7-10,15-16,21-24,29-35,38-44H2,1-6H3,(H2,86,113)(H2,87,114)(H,93,117)(H,94,115)(H,95,122)(H,96,124)(H,97,116)(H,98,120)(H,99,119)(H,100,123)(H,101,121)(H,102,118)(H4,88,89,90)/t45-,50+,55-,56-,57-,58-,59+,60-,61-,62-,63-,64-,65-,66-,67-/m0/s1. The van der Waals surface area contributed by atoms with Crippen LogP contribution in [0.5, 0.6) is 5.75 Å². The van der Waals surface area contributed by atoms with Gasteiger partial charge in [0.1, 0.15) is 90.3 Å². The highest BCUT2D eigenvalue weighted by Crippen LogP contribution is 2.27. The highest BCUT2D eigenvalue weighted by molar-refractivity contribution is 8.00. The maximum absolute atomic E-state index is 15.7. The predicted octanol–water partition coefficient (Wildman–Crippen LogP) is -5.96. The number of carbonyl (C=O) groups is 17. The molecule has 0 aliphatic carbocycles. The SMILES string of the molecule is CCCC[C@H]1C(=O)N(C)[C@@H](CCCC)C(=O)N[C@@H](CCCNC(=N)N)C(=O)N[C@H](C(=O)NCC(N)=O)CSCC(=O)N[C@@H](Cc2ccc(O)cc2)C(=O)N(C)[C@@H](C)C(=O)N[C@H](CC(N)=O)C(=O)N2CCC[C@H]2C(=O)N[C@@H](CO)C(=O)N[C@@H](CO)C(=O)N2C[C@H](O)C[C@H]2C(=O)N[C@@H](Cc2c[nH]c3ccccc23)C(=O)N[C@@H](CO)C(=O)N[C@@H](Cc2c[nH]c3ccccc23)C(=O)N1C. The van der Waals surface area contributed by atoms with Crippen LogP contribution in [0, 0.1) is 5.41 Å². The number of nitrogens with one attached hydrogen (secondary N) is 14. The Kier molecular flexibility index (Phi) is 38.6. The van der Waals surface area contributed by atoms with Crippen molar-refractivity contribution in [2.75, 3.05) is 78.6 Å². The van der Waals surface area contributed by atoms with Gasteiger partial charge in [0.15, 0.2) is 5.96 Å². The zero-order valence-electron chi connectivity index (χ0n) is 73.3. The number of guanidine groups is 1. The number of aromatic nitrogens is 2. The smallest absolute Gasteiger partial charge is 0.248 e. The summed E-state index contributed by atoms with van der Waals surface area (Å²) in [6, 6.07) is -3.85. The van der Waals surface area contributed by atoms with Gasteiger partial charge in [-0.3, -0.25) is 86.9 Å². The number of nitrogens with two attached hydrogens (primary N) is 3. The van der Waals surface area contributed by atoms with Crippen LogP contribution in [0.1, 0.15) is 115 Å². The van der Waals surface area contributed by atoms with Gasteiger partial charge in [-0.25, -0.2) is 0 Å². The van der Waals surface area contributed by atoms with E-state index in [9.17, 15) is 83.1 Å². The van der Waals surface area contributed by atoms with E-state index in [-0.39, 0.29) is 76.6 Å². The van der Waals surface area contributed by atoms with Crippen molar-refractivity contribution in [1.82, 2.24) is 93.0 Å². The number of aromatic hydroxyl groups is 1. The van der Waals surface area contributed by atoms with Crippen LogP contribution >= 0.6 is 11.8 Å². The number of rotatable bonds is 24. The summed E-state index contributed by atoms with van der Waals surface area (Å²) in [5.74, 6) is -19.0. The predicted molar refractivity (Wildman–Crippen MR) is 472 cm³/mol. The molecule has 2 aromatic heterocycles. The fourth-order valence-electron chi connectivity index (χ4n) is 15.7. The molecule has 44 nitrogen and oxygen atoms in total. The number of benzene rings is 3. The van der Waals surface area contributed by atoms with Crippen LogP contribution in [0.2, 0.25) is 0 Å². The molecule has 3 aliphatic rings. The molecule has 8 rings (SSSR count). The number of aliphatic hydroxyl groups is 4. The summed E-state index contributed by atoms with van der Waals surface area (Å²) in [6.45, 7) is -0.151. The Hall–Kier alpha value is -13.0. The molecule has 130 heavy (non-hydrogen) atoms. The molecule has 3 saturated heterocycles. The van der Waals surface area contributed by atoms with Gasteiger partial charge in [0.2, 0.25) is 100 Å². The molecule has 45 heteroatoms. The molecule has 5 heterocycles. The average molecular weight is 1830 g/mol. The van der Waals surface area contributed by atoms with Gasteiger partial charge in [0.05, 0.1) is 44.6 Å². The van der Waals surface area contributed by atoms with E-state index in [0.717, 1.165) is 36.3 Å². The van der Waals surface area contributed by atoms with Crippen molar-refractivity contribution in [2.45, 2.75) is 208 Å². The second-order valence-corrected chi connectivity index (χ2v) is 33.5. The number of primary amides is 2. The van der Waals surface area contributed by atoms with Crippen LogP contribution in [0.25, 0.3) is 21.8 Å². The number of phenolic OH excluding ortho intramolecular Hbond substituents is 1. The van der Waals surface area contributed by atoms with Crippen LogP contribution in [-0.4, -0.2) is 336 Å². The first-order chi connectivity index (χ1) is 61.9. The maximum atomic E-state index is 15.7. The molecule has 0 bridgehead atoms. The van der Waals surface area contributed by atoms with Gasteiger partial charge in [-0.15, -0.1) is 11.8 Å². The molecule has 3 aliphatic heterocycles. The lowest BCUT2D eigenvalue weighted by Gasteiger charge is -2.36. The number of phenols is 1. The molecule has 3 fully saturated rings. The second kappa shape index (κ2) is 49.0. The van der Waals surface area contributed by atoms with Gasteiger partial charge in [0, 0.05) is 106 Å². The van der Waals surface area contributed by atoms with Gasteiger partial charge in [-0.05, 0) is 86.4 Å². The normalized spacial score (nSPS) is 25.2. The Labute approximate surface area is 753 Å². The molecule has 15 atom stereocenters. The molecule has 0 spiro atoms. The Morgan fingerprint density at radius 1 is 0.508 bits per heavy atom. The number of para-hydroxylation sites is 2. The minimum absolute atomic E-state index is 0.0225. The number of H-pyrrole nitrogens is 2. The van der Waals surface area contributed by atoms with E-state index >= 15 is 24.0 Å². The van der Waals surface area contributed by atoms with Crippen molar-refractivity contribution in [3.05, 3.63) is 102 Å². The quantitative estimate of drug-likeness (QED) is 0.0155. The largest absolute Gasteiger partial charge is 0.508 e. The van der Waals surface area contributed by atoms with Gasteiger partial charge in [-0.2, -0.15) is 0 Å². The van der Waals surface area contributed by atoms with E-state index in [1.807, 2.05) is 13.8 Å². The lowest BCUT2D eigenvalue weighted by molar-refractivity contribution is -0.149. The van der Waals surface area contributed by atoms with E-state index in [0.29, 0.717) is 64.2 Å². The molecule has 3 aromatic carbocycles. The molecule has 708 valence electrons. The number of fused-ring (bicyclic) bond motifs is 4. The van der Waals surface area contributed by atoms with Crippen LogP contribution < -0.4 is 75.7 Å². The Balaban J connectivity index is 1.18. The second-order valence-electron chi connectivity index (χ2n) is 32.4. The van der Waals surface area contributed by atoms with Gasteiger partial charge >= 0.3 is 0 Å². The first-order valence-electron chi connectivity index (χ1n) is 42.9. The third kappa shape index (κ3) is 28.0. The molecule has 25 N–H and O–H groups in total. The lowest BCUT2D eigenvalue weighted by atomic mass is 10.00. The van der Waals surface area contributed by atoms with Gasteiger partial charge < -0.3 is 136 Å². The maximum Gasteiger partial charge on any atom is 0.248 e. The zero-order valence-corrected chi connectivity index (χ0v) is 74.1. The van der Waals surface area contributed by atoms with E-state index in [4.69, 9.17) is 22.6 Å². The molecule has 0 saturated carbocycles. The molecular weight excluding hydrogens is 1710 g/mol. The molecule has 17 amide bonds. The van der Waals surface area contributed by atoms with E-state index in [2.05, 4.69) is 68.5 Å². The van der Waals surface area contributed by atoms with Crippen molar-refractivity contribution in [1.29, 1.82) is 5.41 Å². The van der Waals surface area contributed by atoms with E-state index in [1.165, 1.54) is 52.3 Å². The highest BCUT2D eigenvalue weighted by atomic mass is 32.2. The number of aromatic amines is 2. The topological polar surface area (TPSA) is 673 Å². The van der Waals surface area contributed by atoms with Crippen LogP contribution in [0.4, 0.5) is 0 Å². The van der Waals surface area contributed by atoms with Crippen molar-refractivity contribution in [2.24, 2.45) is 17.2 Å². The lowest BCUT2D eigenvalue weighted by Crippen LogP contribution is -2.62. The zero-order chi connectivity index (χ0) is 95.3. The number of unbranched alkanes of at least 4 members (excludes halogenated alkanes) is 2. The fourth-order valence-corrected chi connectivity index (χ4v) is 16.5. The molecule has 0 unspecified atom stereocenters. The highest BCUT2D eigenvalue weighted by Gasteiger charge is 2.46. The summed E-state index contributed by atoms with van der Waals surface area (Å²) in [6.07, 6.45) is 0.746. The van der Waals surface area contributed by atoms with Crippen molar-refractivity contribution >= 4 is 140 Å². The summed E-state index contributed by atoms with van der Waals surface area (Å²) in [4.78, 5) is 258. The molecule has 5 aromatic rings. The van der Waals surface area contributed by atoms with Gasteiger partial charge in [0.25, 0.3) is 0 Å². The first kappa shape index (κ1) is 102. The minimum Gasteiger partial charge on any atom is -0.508 e. The number of hydrogen-bond acceptors (Lipinski definition) is 24. The fraction of sp³-hybridized carbons (Fsp3) is 0.529. The monoisotopic (exact) mass is 1830 g/mol. The summed E-state index contributed by atoms with van der Waals surface area (Å²) >= 11 is 0.744. The molecule has 0 radical (unpaired) electrons. The Morgan fingerprint density at radius 3 is 1.59 bits per heavy atom. The average Bonchev–Trinajstić information content (AvgIpc) is 1.63. The number of aliphatic hydroxyl groups excluding tert-OH is 4. The summed E-state index contributed by atoms with van der Waals surface area (Å²) in [7, 11) is 3.83. The van der Waals surface area contributed by atoms with E-state index in [1.54, 1.807) is 60.9 Å². The number of carbonyl (C=O) groups excluding carboxylic acids is 17. The first-order valence-corrected chi connectivity index (χ1v) is 44.1. The Bertz CT molecular complexity index is 4900. The number of thioether (sulfide) groups is 1. The summed E-state index contributed by atoms with van der Waals surface area (Å²) in [5, 5.41) is 90.7. The number of amides is 17. The van der Waals surface area contributed by atoms with E-state index < -0.39 is 254 Å². The molecular formula is C85H120N22O22S. The third-order valence-corrected chi connectivity index (χ3v) is 24.0. The number of nitrogens with zero attached hydrogens (tertiary/aromatic N) is 5. The van der Waals surface area contributed by atoms with Crippen molar-refractivity contribution in [3.63, 3.8) is 0 Å². The Morgan fingerprint density at radius 2 is 1.01 bits per heavy atom. The van der Waals surface area contributed by atoms with Gasteiger partial charge in [-0.1, -0.05) is 88.1 Å². The van der Waals surface area contributed by atoms with Crippen LogP contribution in [0.3, 0.4) is 0 Å². The van der Waals surface area contributed by atoms with Crippen molar-refractivity contribution in [3.8, 4) is 5.75 Å². The number of hydrogen-bond donors (Lipinski definition) is 22. The summed E-state index contributed by atoms with van der Waals surface area (Å²) in [5.41, 5.74) is 19.2. The van der Waals surface area contributed by atoms with Crippen LogP contribution in [-0.2, 0) is 101 Å².